The van der Waals surface area contributed by atoms with Gasteiger partial charge in [-0.1, -0.05) is 6.92 Å². The number of nitrogens with one attached hydrogen (secondary N) is 1. The lowest BCUT2D eigenvalue weighted by molar-refractivity contribution is 0.0898. The molecule has 1 unspecified atom stereocenters. The molecule has 5 heteroatoms. The number of phenolic OH excluding ortho intramolecular Hbond substituents is 2. The highest BCUT2D eigenvalue weighted by atomic mass is 35.5. The van der Waals surface area contributed by atoms with Crippen LogP contribution in [0.2, 0.25) is 0 Å². The Bertz CT molecular complexity index is 436. The van der Waals surface area contributed by atoms with Crippen molar-refractivity contribution in [1.82, 2.24) is 5.32 Å². The molecule has 0 radical (unpaired) electrons. The molecule has 0 aromatic heterocycles. The average molecular weight is 272 g/mol. The number of halogens is 1. The Morgan fingerprint density at radius 3 is 2.67 bits per heavy atom. The quantitative estimate of drug-likeness (QED) is 0.570. The Balaban J connectivity index is 2.90. The SMILES string of the molecule is CCC(C)(CCCl)NC(=O)c1cc(O)ccc1O. The third kappa shape index (κ3) is 3.53. The fourth-order valence-electron chi connectivity index (χ4n) is 1.58. The van der Waals surface area contributed by atoms with Gasteiger partial charge in [0.2, 0.25) is 0 Å². The molecule has 0 heterocycles. The number of alkyl halides is 1. The van der Waals surface area contributed by atoms with E-state index in [1.54, 1.807) is 0 Å². The minimum atomic E-state index is -0.420. The molecule has 100 valence electrons. The first-order chi connectivity index (χ1) is 8.41. The normalized spacial score (nSPS) is 13.9. The van der Waals surface area contributed by atoms with Crippen LogP contribution in [0.4, 0.5) is 0 Å². The second-order valence-corrected chi connectivity index (χ2v) is 4.89. The summed E-state index contributed by atoms with van der Waals surface area (Å²) in [4.78, 5) is 12.0. The minimum absolute atomic E-state index is 0.0595. The summed E-state index contributed by atoms with van der Waals surface area (Å²) < 4.78 is 0. The standard InChI is InChI=1S/C13H18ClNO3/c1-3-13(2,6-7-14)15-12(18)10-8-9(16)4-5-11(10)17/h4-5,8,16-17H,3,6-7H2,1-2H3,(H,15,18). The van der Waals surface area contributed by atoms with E-state index in [-0.39, 0.29) is 17.1 Å². The zero-order valence-corrected chi connectivity index (χ0v) is 11.3. The summed E-state index contributed by atoms with van der Waals surface area (Å²) >= 11 is 5.71. The molecule has 1 atom stereocenters. The highest BCUT2D eigenvalue weighted by Crippen LogP contribution is 2.23. The maximum absolute atomic E-state index is 12.0. The number of hydrogen-bond donors (Lipinski definition) is 3. The van der Waals surface area contributed by atoms with Crippen LogP contribution >= 0.6 is 11.6 Å². The van der Waals surface area contributed by atoms with Crippen LogP contribution in [0, 0.1) is 0 Å². The smallest absolute Gasteiger partial charge is 0.255 e. The van der Waals surface area contributed by atoms with Crippen LogP contribution in [0.5, 0.6) is 11.5 Å². The number of rotatable bonds is 5. The van der Waals surface area contributed by atoms with Crippen molar-refractivity contribution in [2.24, 2.45) is 0 Å². The molecule has 0 bridgehead atoms. The fourth-order valence-corrected chi connectivity index (χ4v) is 2.00. The van der Waals surface area contributed by atoms with Gasteiger partial charge in [0, 0.05) is 11.4 Å². The number of phenols is 2. The Kier molecular flexibility index (Phi) is 4.84. The van der Waals surface area contributed by atoms with E-state index in [4.69, 9.17) is 11.6 Å². The number of benzene rings is 1. The Morgan fingerprint density at radius 1 is 1.44 bits per heavy atom. The van der Waals surface area contributed by atoms with Gasteiger partial charge in [-0.15, -0.1) is 11.6 Å². The van der Waals surface area contributed by atoms with Crippen LogP contribution in [0.3, 0.4) is 0 Å². The largest absolute Gasteiger partial charge is 0.508 e. The molecule has 3 N–H and O–H groups in total. The van der Waals surface area contributed by atoms with Gasteiger partial charge in [-0.2, -0.15) is 0 Å². The summed E-state index contributed by atoms with van der Waals surface area (Å²) in [6.45, 7) is 3.85. The van der Waals surface area contributed by atoms with Gasteiger partial charge in [0.05, 0.1) is 5.56 Å². The molecule has 18 heavy (non-hydrogen) atoms. The molecule has 1 amide bonds. The molecule has 1 aromatic carbocycles. The van der Waals surface area contributed by atoms with E-state index in [9.17, 15) is 15.0 Å². The molecule has 4 nitrogen and oxygen atoms in total. The molecule has 0 fully saturated rings. The summed E-state index contributed by atoms with van der Waals surface area (Å²) in [7, 11) is 0. The third-order valence-electron chi connectivity index (χ3n) is 3.07. The van der Waals surface area contributed by atoms with Gasteiger partial charge in [0.25, 0.3) is 5.91 Å². The monoisotopic (exact) mass is 271 g/mol. The Morgan fingerprint density at radius 2 is 2.11 bits per heavy atom. The maximum atomic E-state index is 12.0. The van der Waals surface area contributed by atoms with Crippen molar-refractivity contribution >= 4 is 17.5 Å². The van der Waals surface area contributed by atoms with Crippen LogP contribution in [0.1, 0.15) is 37.0 Å². The van der Waals surface area contributed by atoms with Gasteiger partial charge in [0.15, 0.2) is 0 Å². The first kappa shape index (κ1) is 14.6. The number of carbonyl (C=O) groups excluding carboxylic acids is 1. The van der Waals surface area contributed by atoms with E-state index in [1.165, 1.54) is 18.2 Å². The minimum Gasteiger partial charge on any atom is -0.508 e. The molecule has 0 saturated carbocycles. The predicted octanol–water partition coefficient (Wildman–Crippen LogP) is 2.63. The van der Waals surface area contributed by atoms with Crippen molar-refractivity contribution in [2.45, 2.75) is 32.2 Å². The van der Waals surface area contributed by atoms with E-state index in [0.717, 1.165) is 6.42 Å². The molecular formula is C13H18ClNO3. The number of hydrogen-bond acceptors (Lipinski definition) is 3. The van der Waals surface area contributed by atoms with Crippen molar-refractivity contribution in [3.63, 3.8) is 0 Å². The van der Waals surface area contributed by atoms with Crippen molar-refractivity contribution in [3.05, 3.63) is 23.8 Å². The van der Waals surface area contributed by atoms with Crippen molar-refractivity contribution in [2.75, 3.05) is 5.88 Å². The van der Waals surface area contributed by atoms with Gasteiger partial charge in [-0.05, 0) is 38.0 Å². The fraction of sp³-hybridized carbons (Fsp3) is 0.462. The second kappa shape index (κ2) is 5.96. The Labute approximate surface area is 112 Å². The van der Waals surface area contributed by atoms with Crippen LogP contribution in [0.25, 0.3) is 0 Å². The lowest BCUT2D eigenvalue weighted by atomic mass is 9.95. The summed E-state index contributed by atoms with van der Waals surface area (Å²) in [5.74, 6) is -0.197. The molecular weight excluding hydrogens is 254 g/mol. The number of amides is 1. The summed E-state index contributed by atoms with van der Waals surface area (Å²) in [6, 6.07) is 3.85. The first-order valence-corrected chi connectivity index (χ1v) is 6.36. The highest BCUT2D eigenvalue weighted by Gasteiger charge is 2.25. The number of aromatic hydroxyl groups is 2. The zero-order chi connectivity index (χ0) is 13.8. The van der Waals surface area contributed by atoms with Crippen LogP contribution in [-0.4, -0.2) is 27.5 Å². The summed E-state index contributed by atoms with van der Waals surface area (Å²) in [5.41, 5.74) is -0.360. The molecule has 1 aromatic rings. The molecule has 1 rings (SSSR count). The summed E-state index contributed by atoms with van der Waals surface area (Å²) in [5, 5.41) is 21.8. The van der Waals surface area contributed by atoms with Gasteiger partial charge >= 0.3 is 0 Å². The van der Waals surface area contributed by atoms with Crippen molar-refractivity contribution < 1.29 is 15.0 Å². The topological polar surface area (TPSA) is 69.6 Å². The van der Waals surface area contributed by atoms with E-state index < -0.39 is 11.4 Å². The van der Waals surface area contributed by atoms with Crippen LogP contribution in [0.15, 0.2) is 18.2 Å². The number of carbonyl (C=O) groups is 1. The third-order valence-corrected chi connectivity index (χ3v) is 3.26. The second-order valence-electron chi connectivity index (χ2n) is 4.51. The van der Waals surface area contributed by atoms with Crippen molar-refractivity contribution in [3.8, 4) is 11.5 Å². The lowest BCUT2D eigenvalue weighted by Gasteiger charge is -2.29. The summed E-state index contributed by atoms with van der Waals surface area (Å²) in [6.07, 6.45) is 1.36. The highest BCUT2D eigenvalue weighted by molar-refractivity contribution is 6.17. The molecule has 0 aliphatic rings. The van der Waals surface area contributed by atoms with E-state index in [1.807, 2.05) is 13.8 Å². The molecule has 0 aliphatic heterocycles. The molecule has 0 spiro atoms. The van der Waals surface area contributed by atoms with E-state index in [2.05, 4.69) is 5.32 Å². The van der Waals surface area contributed by atoms with Gasteiger partial charge in [-0.3, -0.25) is 4.79 Å². The van der Waals surface area contributed by atoms with Gasteiger partial charge in [-0.25, -0.2) is 0 Å². The van der Waals surface area contributed by atoms with Gasteiger partial charge in [0.1, 0.15) is 11.5 Å². The van der Waals surface area contributed by atoms with Crippen molar-refractivity contribution in [1.29, 1.82) is 0 Å². The lowest BCUT2D eigenvalue weighted by Crippen LogP contribution is -2.45. The van der Waals surface area contributed by atoms with E-state index >= 15 is 0 Å². The van der Waals surface area contributed by atoms with Gasteiger partial charge < -0.3 is 15.5 Å². The molecule has 0 aliphatic carbocycles. The average Bonchev–Trinajstić information content (AvgIpc) is 2.32. The predicted molar refractivity (Wildman–Crippen MR) is 71.3 cm³/mol. The van der Waals surface area contributed by atoms with Crippen LogP contribution in [-0.2, 0) is 0 Å². The Hall–Kier alpha value is -1.42. The molecule has 0 saturated heterocycles. The van der Waals surface area contributed by atoms with E-state index in [0.29, 0.717) is 12.3 Å². The van der Waals surface area contributed by atoms with Crippen LogP contribution < -0.4 is 5.32 Å². The first-order valence-electron chi connectivity index (χ1n) is 5.82. The zero-order valence-electron chi connectivity index (χ0n) is 10.5. The maximum Gasteiger partial charge on any atom is 0.255 e.